The van der Waals surface area contributed by atoms with Crippen molar-refractivity contribution < 1.29 is 4.79 Å². The molecule has 0 bridgehead atoms. The second kappa shape index (κ2) is 4.83. The minimum Gasteiger partial charge on any atom is -0.295 e. The minimum atomic E-state index is 0.0906. The van der Waals surface area contributed by atoms with Gasteiger partial charge in [-0.15, -0.1) is 11.6 Å². The Hall–Kier alpha value is -1.08. The molecule has 0 heterocycles. The average Bonchev–Trinajstić information content (AvgIpc) is 2.15. The minimum absolute atomic E-state index is 0.0906. The van der Waals surface area contributed by atoms with Gasteiger partial charge in [-0.2, -0.15) is 0 Å². The zero-order valence-corrected chi connectivity index (χ0v) is 8.21. The molecule has 0 saturated carbocycles. The molecule has 0 fully saturated rings. The highest BCUT2D eigenvalue weighted by Crippen LogP contribution is 2.06. The molecule has 0 atom stereocenters. The third-order valence-corrected chi connectivity index (χ3v) is 1.89. The number of Topliss-reactive ketones (excluding diaryl/α,β-unsaturated/α-hetero) is 1. The number of carbonyl (C=O) groups is 1. The molecule has 68 valence electrons. The Bertz CT molecular complexity index is 311. The van der Waals surface area contributed by atoms with Crippen molar-refractivity contribution in [3.8, 4) is 0 Å². The van der Waals surface area contributed by atoms with Gasteiger partial charge in [-0.1, -0.05) is 36.4 Å². The van der Waals surface area contributed by atoms with Crippen LogP contribution in [0.1, 0.15) is 22.8 Å². The summed E-state index contributed by atoms with van der Waals surface area (Å²) in [5, 5.41) is 0. The quantitative estimate of drug-likeness (QED) is 0.534. The molecule has 0 unspecified atom stereocenters. The summed E-state index contributed by atoms with van der Waals surface area (Å²) >= 11 is 5.49. The van der Waals surface area contributed by atoms with Crippen LogP contribution in [-0.4, -0.2) is 11.7 Å². The van der Waals surface area contributed by atoms with Gasteiger partial charge in [0.15, 0.2) is 5.78 Å². The first-order valence-electron chi connectivity index (χ1n) is 4.07. The molecule has 0 amide bonds. The molecule has 0 aliphatic rings. The third kappa shape index (κ3) is 3.03. The molecule has 1 rings (SSSR count). The van der Waals surface area contributed by atoms with Gasteiger partial charge in [0.25, 0.3) is 0 Å². The molecule has 0 aliphatic carbocycles. The van der Waals surface area contributed by atoms with Crippen LogP contribution in [-0.2, 0) is 0 Å². The van der Waals surface area contributed by atoms with E-state index in [4.69, 9.17) is 11.6 Å². The van der Waals surface area contributed by atoms with Crippen LogP contribution in [0.15, 0.2) is 30.3 Å². The standard InChI is InChI=1S/C11H11ClO/c1-9(13)11-6-4-10(5-7-11)3-2-8-12/h2-7H,8H2,1H3/b3-2+. The number of rotatable bonds is 3. The summed E-state index contributed by atoms with van der Waals surface area (Å²) in [4.78, 5) is 10.9. The zero-order chi connectivity index (χ0) is 9.68. The third-order valence-electron chi connectivity index (χ3n) is 1.72. The van der Waals surface area contributed by atoms with E-state index in [9.17, 15) is 4.79 Å². The molecule has 0 saturated heterocycles. The van der Waals surface area contributed by atoms with Gasteiger partial charge < -0.3 is 0 Å². The summed E-state index contributed by atoms with van der Waals surface area (Å²) in [7, 11) is 0. The lowest BCUT2D eigenvalue weighted by molar-refractivity contribution is 0.101. The molecular formula is C11H11ClO. The van der Waals surface area contributed by atoms with Crippen LogP contribution < -0.4 is 0 Å². The molecule has 0 aliphatic heterocycles. The fraction of sp³-hybridized carbons (Fsp3) is 0.182. The van der Waals surface area contributed by atoms with Crippen LogP contribution in [0.5, 0.6) is 0 Å². The van der Waals surface area contributed by atoms with Crippen LogP contribution in [0.25, 0.3) is 6.08 Å². The van der Waals surface area contributed by atoms with Gasteiger partial charge in [0.05, 0.1) is 0 Å². The highest BCUT2D eigenvalue weighted by Gasteiger charge is 1.96. The molecule has 2 heteroatoms. The highest BCUT2D eigenvalue weighted by atomic mass is 35.5. The van der Waals surface area contributed by atoms with Gasteiger partial charge in [-0.3, -0.25) is 4.79 Å². The fourth-order valence-corrected chi connectivity index (χ4v) is 1.10. The lowest BCUT2D eigenvalue weighted by Crippen LogP contribution is -1.90. The van der Waals surface area contributed by atoms with Crippen molar-refractivity contribution in [1.82, 2.24) is 0 Å². The zero-order valence-electron chi connectivity index (χ0n) is 7.46. The summed E-state index contributed by atoms with van der Waals surface area (Å²) in [5.74, 6) is 0.599. The molecule has 1 nitrogen and oxygen atoms in total. The van der Waals surface area contributed by atoms with Crippen LogP contribution in [0.2, 0.25) is 0 Å². The van der Waals surface area contributed by atoms with E-state index in [1.807, 2.05) is 36.4 Å². The van der Waals surface area contributed by atoms with Crippen LogP contribution in [0.4, 0.5) is 0 Å². The van der Waals surface area contributed by atoms with Gasteiger partial charge in [0.1, 0.15) is 0 Å². The summed E-state index contributed by atoms with van der Waals surface area (Å²) in [6.07, 6.45) is 3.79. The Morgan fingerprint density at radius 1 is 1.38 bits per heavy atom. The van der Waals surface area contributed by atoms with Crippen molar-refractivity contribution in [3.63, 3.8) is 0 Å². The molecule has 0 N–H and O–H groups in total. The number of hydrogen-bond donors (Lipinski definition) is 0. The maximum atomic E-state index is 10.9. The number of alkyl halides is 1. The topological polar surface area (TPSA) is 17.1 Å². The monoisotopic (exact) mass is 194 g/mol. The van der Waals surface area contributed by atoms with E-state index in [1.54, 1.807) is 6.92 Å². The van der Waals surface area contributed by atoms with Gasteiger partial charge >= 0.3 is 0 Å². The van der Waals surface area contributed by atoms with Gasteiger partial charge in [-0.05, 0) is 12.5 Å². The Labute approximate surface area is 83.0 Å². The number of halogens is 1. The summed E-state index contributed by atoms with van der Waals surface area (Å²) in [6, 6.07) is 7.44. The molecule has 0 aromatic heterocycles. The lowest BCUT2D eigenvalue weighted by atomic mass is 10.1. The maximum absolute atomic E-state index is 10.9. The Kier molecular flexibility index (Phi) is 3.71. The van der Waals surface area contributed by atoms with E-state index in [2.05, 4.69) is 0 Å². The first kappa shape index (κ1) is 10.0. The predicted molar refractivity (Wildman–Crippen MR) is 56.2 cm³/mol. The largest absolute Gasteiger partial charge is 0.295 e. The maximum Gasteiger partial charge on any atom is 0.159 e. The Morgan fingerprint density at radius 3 is 2.46 bits per heavy atom. The molecule has 0 radical (unpaired) electrons. The van der Waals surface area contributed by atoms with E-state index in [-0.39, 0.29) is 5.78 Å². The smallest absolute Gasteiger partial charge is 0.159 e. The first-order valence-corrected chi connectivity index (χ1v) is 4.61. The van der Waals surface area contributed by atoms with Crippen molar-refractivity contribution in [2.24, 2.45) is 0 Å². The van der Waals surface area contributed by atoms with E-state index in [0.717, 1.165) is 11.1 Å². The van der Waals surface area contributed by atoms with Crippen molar-refractivity contribution >= 4 is 23.5 Å². The SMILES string of the molecule is CC(=O)c1ccc(/C=C/CCl)cc1. The first-order chi connectivity index (χ1) is 6.24. The summed E-state index contributed by atoms with van der Waals surface area (Å²) < 4.78 is 0. The van der Waals surface area contributed by atoms with Crippen molar-refractivity contribution in [3.05, 3.63) is 41.5 Å². The average molecular weight is 195 g/mol. The van der Waals surface area contributed by atoms with Gasteiger partial charge in [0, 0.05) is 11.4 Å². The fourth-order valence-electron chi connectivity index (χ4n) is 1.01. The highest BCUT2D eigenvalue weighted by molar-refractivity contribution is 6.19. The summed E-state index contributed by atoms with van der Waals surface area (Å²) in [5.41, 5.74) is 1.80. The Morgan fingerprint density at radius 2 is 2.00 bits per heavy atom. The molecule has 1 aromatic carbocycles. The molecular weight excluding hydrogens is 184 g/mol. The van der Waals surface area contributed by atoms with E-state index in [0.29, 0.717) is 5.88 Å². The molecule has 1 aromatic rings. The molecule has 0 spiro atoms. The normalized spacial score (nSPS) is 10.6. The second-order valence-corrected chi connectivity index (χ2v) is 3.04. The Balaban J connectivity index is 2.81. The number of benzene rings is 1. The predicted octanol–water partition coefficient (Wildman–Crippen LogP) is 3.14. The van der Waals surface area contributed by atoms with E-state index < -0.39 is 0 Å². The number of ketones is 1. The number of carbonyl (C=O) groups excluding carboxylic acids is 1. The van der Waals surface area contributed by atoms with E-state index in [1.165, 1.54) is 0 Å². The lowest BCUT2D eigenvalue weighted by Gasteiger charge is -1.95. The van der Waals surface area contributed by atoms with Crippen molar-refractivity contribution in [2.75, 3.05) is 5.88 Å². The van der Waals surface area contributed by atoms with E-state index >= 15 is 0 Å². The van der Waals surface area contributed by atoms with Crippen LogP contribution >= 0.6 is 11.6 Å². The van der Waals surface area contributed by atoms with Crippen LogP contribution in [0, 0.1) is 0 Å². The van der Waals surface area contributed by atoms with Gasteiger partial charge in [-0.25, -0.2) is 0 Å². The van der Waals surface area contributed by atoms with Crippen molar-refractivity contribution in [1.29, 1.82) is 0 Å². The number of hydrogen-bond acceptors (Lipinski definition) is 1. The van der Waals surface area contributed by atoms with Crippen LogP contribution in [0.3, 0.4) is 0 Å². The number of allylic oxidation sites excluding steroid dienone is 1. The second-order valence-electron chi connectivity index (χ2n) is 2.73. The van der Waals surface area contributed by atoms with Crippen molar-refractivity contribution in [2.45, 2.75) is 6.92 Å². The molecule has 13 heavy (non-hydrogen) atoms. The summed E-state index contributed by atoms with van der Waals surface area (Å²) in [6.45, 7) is 1.56. The van der Waals surface area contributed by atoms with Gasteiger partial charge in [0.2, 0.25) is 0 Å².